The van der Waals surface area contributed by atoms with Gasteiger partial charge in [-0.05, 0) is 47.5 Å². The predicted octanol–water partition coefficient (Wildman–Crippen LogP) is 4.24. The van der Waals surface area contributed by atoms with Crippen LogP contribution in [0.2, 0.25) is 0 Å². The second-order valence-corrected chi connectivity index (χ2v) is 7.08. The van der Waals surface area contributed by atoms with Crippen molar-refractivity contribution in [2.24, 2.45) is 5.73 Å². The van der Waals surface area contributed by atoms with Gasteiger partial charge in [0.15, 0.2) is 6.61 Å². The van der Waals surface area contributed by atoms with Gasteiger partial charge in [0.1, 0.15) is 18.1 Å². The summed E-state index contributed by atoms with van der Waals surface area (Å²) < 4.78 is 47.3. The molecule has 6 nitrogen and oxygen atoms in total. The lowest BCUT2D eigenvalue weighted by atomic mass is 10.1. The Morgan fingerprint density at radius 2 is 1.61 bits per heavy atom. The number of hydrogen-bond donors (Lipinski definition) is 2. The maximum absolute atomic E-state index is 12.5. The molecule has 0 atom stereocenters. The van der Waals surface area contributed by atoms with Crippen molar-refractivity contribution in [1.82, 2.24) is 5.32 Å². The highest BCUT2D eigenvalue weighted by molar-refractivity contribution is 5.95. The van der Waals surface area contributed by atoms with Gasteiger partial charge in [0.25, 0.3) is 11.8 Å². The van der Waals surface area contributed by atoms with E-state index >= 15 is 0 Å². The molecule has 0 unspecified atom stereocenters. The molecule has 0 radical (unpaired) electrons. The largest absolute Gasteiger partial charge is 0.488 e. The molecule has 0 aliphatic carbocycles. The van der Waals surface area contributed by atoms with Crippen LogP contribution in [-0.2, 0) is 13.2 Å². The van der Waals surface area contributed by atoms with Gasteiger partial charge in [-0.25, -0.2) is 0 Å². The fourth-order valence-corrected chi connectivity index (χ4v) is 2.95. The molecule has 0 spiro atoms. The number of nitrogens with two attached hydrogens (primary N) is 1. The molecular formula is C24H21F3N2O4. The van der Waals surface area contributed by atoms with Gasteiger partial charge in [0, 0.05) is 12.1 Å². The van der Waals surface area contributed by atoms with Crippen LogP contribution in [0.5, 0.6) is 11.5 Å². The van der Waals surface area contributed by atoms with Crippen molar-refractivity contribution in [3.05, 3.63) is 95.1 Å². The van der Waals surface area contributed by atoms with Crippen LogP contribution in [0.1, 0.15) is 31.8 Å². The van der Waals surface area contributed by atoms with Gasteiger partial charge < -0.3 is 20.5 Å². The Hall–Kier alpha value is -4.01. The monoisotopic (exact) mass is 458 g/mol. The van der Waals surface area contributed by atoms with Crippen molar-refractivity contribution in [3.63, 3.8) is 0 Å². The minimum atomic E-state index is -4.43. The second kappa shape index (κ2) is 10.5. The number of ether oxygens (including phenoxy) is 2. The van der Waals surface area contributed by atoms with Gasteiger partial charge in [0.2, 0.25) is 0 Å². The average Bonchev–Trinajstić information content (AvgIpc) is 2.80. The number of benzene rings is 3. The Labute approximate surface area is 188 Å². The maximum Gasteiger partial charge on any atom is 0.422 e. The number of nitrogens with one attached hydrogen (secondary N) is 1. The van der Waals surface area contributed by atoms with Gasteiger partial charge in [-0.3, -0.25) is 9.59 Å². The molecule has 9 heteroatoms. The summed E-state index contributed by atoms with van der Waals surface area (Å²) >= 11 is 0. The predicted molar refractivity (Wildman–Crippen MR) is 115 cm³/mol. The van der Waals surface area contributed by atoms with Crippen LogP contribution in [0, 0.1) is 0 Å². The van der Waals surface area contributed by atoms with Crippen LogP contribution >= 0.6 is 0 Å². The van der Waals surface area contributed by atoms with Crippen LogP contribution in [-0.4, -0.2) is 24.6 Å². The zero-order valence-corrected chi connectivity index (χ0v) is 17.4. The number of hydrogen-bond acceptors (Lipinski definition) is 4. The third-order valence-electron chi connectivity index (χ3n) is 4.49. The fraction of sp³-hybridized carbons (Fsp3) is 0.167. The highest BCUT2D eigenvalue weighted by Gasteiger charge is 2.28. The van der Waals surface area contributed by atoms with Crippen LogP contribution < -0.4 is 20.5 Å². The van der Waals surface area contributed by atoms with E-state index in [0.29, 0.717) is 22.4 Å². The molecule has 0 aliphatic rings. The van der Waals surface area contributed by atoms with Crippen molar-refractivity contribution in [2.75, 3.05) is 6.61 Å². The molecule has 0 saturated carbocycles. The minimum Gasteiger partial charge on any atom is -0.488 e. The summed E-state index contributed by atoms with van der Waals surface area (Å²) in [5.74, 6) is -0.565. The molecule has 0 bridgehead atoms. The summed E-state index contributed by atoms with van der Waals surface area (Å²) in [7, 11) is 0. The van der Waals surface area contributed by atoms with E-state index in [9.17, 15) is 22.8 Å². The van der Waals surface area contributed by atoms with Gasteiger partial charge >= 0.3 is 6.18 Å². The number of carbonyl (C=O) groups excluding carboxylic acids is 2. The SMILES string of the molecule is NC(=O)c1ccccc1OCc1cccc(C(=O)NCc2cccc(OCC(F)(F)F)c2)c1. The van der Waals surface area contributed by atoms with Crippen LogP contribution in [0.25, 0.3) is 0 Å². The van der Waals surface area contributed by atoms with E-state index in [0.717, 1.165) is 0 Å². The smallest absolute Gasteiger partial charge is 0.422 e. The Morgan fingerprint density at radius 3 is 2.36 bits per heavy atom. The number of rotatable bonds is 9. The van der Waals surface area contributed by atoms with Crippen LogP contribution in [0.3, 0.4) is 0 Å². The number of carbonyl (C=O) groups is 2. The number of halogens is 3. The third-order valence-corrected chi connectivity index (χ3v) is 4.49. The van der Waals surface area contributed by atoms with E-state index in [1.165, 1.54) is 12.1 Å². The lowest BCUT2D eigenvalue weighted by Gasteiger charge is -2.12. The molecule has 0 aliphatic heterocycles. The molecule has 172 valence electrons. The third kappa shape index (κ3) is 7.27. The summed E-state index contributed by atoms with van der Waals surface area (Å²) in [5, 5.41) is 2.72. The molecule has 3 N–H and O–H groups in total. The van der Waals surface area contributed by atoms with Crippen LogP contribution in [0.15, 0.2) is 72.8 Å². The van der Waals surface area contributed by atoms with Gasteiger partial charge in [0.05, 0.1) is 5.56 Å². The Morgan fingerprint density at radius 1 is 0.879 bits per heavy atom. The van der Waals surface area contributed by atoms with Gasteiger partial charge in [-0.1, -0.05) is 36.4 Å². The zero-order valence-electron chi connectivity index (χ0n) is 17.4. The molecule has 3 rings (SSSR count). The first-order chi connectivity index (χ1) is 15.7. The van der Waals surface area contributed by atoms with E-state index in [1.54, 1.807) is 60.7 Å². The van der Waals surface area contributed by atoms with Crippen LogP contribution in [0.4, 0.5) is 13.2 Å². The Bertz CT molecular complexity index is 1130. The van der Waals surface area contributed by atoms with E-state index in [1.807, 2.05) is 0 Å². The normalized spacial score (nSPS) is 11.0. The molecular weight excluding hydrogens is 437 g/mol. The Kier molecular flexibility index (Phi) is 7.55. The van der Waals surface area contributed by atoms with Crippen molar-refractivity contribution >= 4 is 11.8 Å². The fourth-order valence-electron chi connectivity index (χ4n) is 2.95. The van der Waals surface area contributed by atoms with E-state index in [4.69, 9.17) is 15.2 Å². The van der Waals surface area contributed by atoms with E-state index in [2.05, 4.69) is 5.32 Å². The highest BCUT2D eigenvalue weighted by atomic mass is 19.4. The zero-order chi connectivity index (χ0) is 23.8. The first-order valence-corrected chi connectivity index (χ1v) is 9.88. The second-order valence-electron chi connectivity index (χ2n) is 7.08. The van der Waals surface area contributed by atoms with E-state index in [-0.39, 0.29) is 30.4 Å². The first-order valence-electron chi connectivity index (χ1n) is 9.88. The highest BCUT2D eigenvalue weighted by Crippen LogP contribution is 2.20. The van der Waals surface area contributed by atoms with Gasteiger partial charge in [-0.2, -0.15) is 13.2 Å². The summed E-state index contributed by atoms with van der Waals surface area (Å²) in [4.78, 5) is 24.0. The maximum atomic E-state index is 12.5. The molecule has 3 aromatic rings. The van der Waals surface area contributed by atoms with Crippen molar-refractivity contribution in [2.45, 2.75) is 19.3 Å². The molecule has 33 heavy (non-hydrogen) atoms. The molecule has 2 amide bonds. The Balaban J connectivity index is 1.58. The molecule has 0 fully saturated rings. The lowest BCUT2D eigenvalue weighted by molar-refractivity contribution is -0.153. The standard InChI is InChI=1S/C24H21F3N2O4/c25-24(26,27)15-33-19-8-4-5-16(12-19)13-29-23(31)18-7-3-6-17(11-18)14-32-21-10-2-1-9-20(21)22(28)30/h1-12H,13-15H2,(H2,28,30)(H,29,31). The summed E-state index contributed by atoms with van der Waals surface area (Å²) in [6, 6.07) is 19.4. The number of amides is 2. The van der Waals surface area contributed by atoms with Crippen molar-refractivity contribution < 1.29 is 32.2 Å². The molecule has 0 saturated heterocycles. The van der Waals surface area contributed by atoms with Crippen molar-refractivity contribution in [3.8, 4) is 11.5 Å². The summed E-state index contributed by atoms with van der Waals surface area (Å²) in [5.41, 5.74) is 7.27. The molecule has 0 aromatic heterocycles. The minimum absolute atomic E-state index is 0.0643. The molecule has 3 aromatic carbocycles. The summed E-state index contributed by atoms with van der Waals surface area (Å²) in [6.07, 6.45) is -4.43. The first kappa shape index (κ1) is 23.6. The van der Waals surface area contributed by atoms with Crippen molar-refractivity contribution in [1.29, 1.82) is 0 Å². The van der Waals surface area contributed by atoms with E-state index < -0.39 is 18.7 Å². The number of alkyl halides is 3. The number of primary amides is 1. The number of para-hydroxylation sites is 1. The van der Waals surface area contributed by atoms with Gasteiger partial charge in [-0.15, -0.1) is 0 Å². The average molecular weight is 458 g/mol. The summed E-state index contributed by atoms with van der Waals surface area (Å²) in [6.45, 7) is -1.17. The quantitative estimate of drug-likeness (QED) is 0.502. The topological polar surface area (TPSA) is 90.7 Å². The lowest BCUT2D eigenvalue weighted by Crippen LogP contribution is -2.23. The molecule has 0 heterocycles.